The van der Waals surface area contributed by atoms with Crippen molar-refractivity contribution in [3.63, 3.8) is 0 Å². The molecule has 0 saturated heterocycles. The van der Waals surface area contributed by atoms with Crippen LogP contribution in [0.5, 0.6) is 0 Å². The Labute approximate surface area is 124 Å². The topological polar surface area (TPSA) is 52.0 Å². The van der Waals surface area contributed by atoms with Crippen LogP contribution >= 0.6 is 11.3 Å². The largest absolute Gasteiger partial charge is 0.466 e. The Morgan fingerprint density at radius 2 is 1.90 bits per heavy atom. The first kappa shape index (κ1) is 13.8. The van der Waals surface area contributed by atoms with E-state index in [0.29, 0.717) is 0 Å². The summed E-state index contributed by atoms with van der Waals surface area (Å²) in [6.07, 6.45) is 7.16. The molecule has 1 aliphatic rings. The van der Waals surface area contributed by atoms with E-state index in [1.54, 1.807) is 11.3 Å². The molecule has 2 aromatic heterocycles. The molecule has 0 atom stereocenters. The first-order valence-corrected chi connectivity index (χ1v) is 8.29. The van der Waals surface area contributed by atoms with Gasteiger partial charge in [0.05, 0.1) is 11.2 Å². The van der Waals surface area contributed by atoms with Crippen molar-refractivity contribution < 1.29 is 4.42 Å². The molecule has 0 amide bonds. The summed E-state index contributed by atoms with van der Waals surface area (Å²) in [5, 5.41) is 3.21. The summed E-state index contributed by atoms with van der Waals surface area (Å²) < 4.78 is 5.60. The molecule has 1 aliphatic carbocycles. The summed E-state index contributed by atoms with van der Waals surface area (Å²) in [5.74, 6) is 1.87. The standard InChI is InChI=1S/C16H22N2OS/c1-11-9-13(12(2)19-11)14-10-20-15(18-14)16(17)7-5-3-4-6-8-16/h9-10H,3-8,17H2,1-2H3. The second-order valence-corrected chi connectivity index (χ2v) is 6.79. The monoisotopic (exact) mass is 290 g/mol. The van der Waals surface area contributed by atoms with E-state index in [4.69, 9.17) is 15.1 Å². The average molecular weight is 290 g/mol. The smallest absolute Gasteiger partial charge is 0.113 e. The predicted octanol–water partition coefficient (Wildman–Crippen LogP) is 4.53. The van der Waals surface area contributed by atoms with Crippen molar-refractivity contribution >= 4 is 11.3 Å². The fourth-order valence-corrected chi connectivity index (χ4v) is 4.08. The van der Waals surface area contributed by atoms with E-state index in [1.165, 1.54) is 25.7 Å². The van der Waals surface area contributed by atoms with Gasteiger partial charge in [-0.3, -0.25) is 0 Å². The minimum absolute atomic E-state index is 0.216. The van der Waals surface area contributed by atoms with Gasteiger partial charge in [0, 0.05) is 10.9 Å². The molecule has 2 aromatic rings. The number of aromatic nitrogens is 1. The Bertz CT molecular complexity index is 591. The Kier molecular flexibility index (Phi) is 3.69. The zero-order valence-electron chi connectivity index (χ0n) is 12.2. The normalized spacial score (nSPS) is 18.9. The number of hydrogen-bond donors (Lipinski definition) is 1. The Morgan fingerprint density at radius 3 is 2.50 bits per heavy atom. The minimum atomic E-state index is -0.216. The zero-order valence-corrected chi connectivity index (χ0v) is 13.1. The van der Waals surface area contributed by atoms with Gasteiger partial charge in [-0.1, -0.05) is 25.7 Å². The highest BCUT2D eigenvalue weighted by Gasteiger charge is 2.31. The number of furan rings is 1. The molecule has 0 unspecified atom stereocenters. The molecule has 108 valence electrons. The quantitative estimate of drug-likeness (QED) is 0.827. The fraction of sp³-hybridized carbons (Fsp3) is 0.562. The SMILES string of the molecule is Cc1cc(-c2csc(C3(N)CCCCCC3)n2)c(C)o1. The van der Waals surface area contributed by atoms with Gasteiger partial charge in [-0.15, -0.1) is 11.3 Å². The van der Waals surface area contributed by atoms with Crippen molar-refractivity contribution in [1.82, 2.24) is 4.98 Å². The molecule has 20 heavy (non-hydrogen) atoms. The van der Waals surface area contributed by atoms with Crippen molar-refractivity contribution in [1.29, 1.82) is 0 Å². The van der Waals surface area contributed by atoms with E-state index in [9.17, 15) is 0 Å². The van der Waals surface area contributed by atoms with Crippen LogP contribution in [0.4, 0.5) is 0 Å². The summed E-state index contributed by atoms with van der Waals surface area (Å²) in [5.41, 5.74) is 8.53. The number of rotatable bonds is 2. The van der Waals surface area contributed by atoms with E-state index in [2.05, 4.69) is 11.4 Å². The molecule has 1 fully saturated rings. The molecule has 1 saturated carbocycles. The van der Waals surface area contributed by atoms with Crippen molar-refractivity contribution in [2.45, 2.75) is 57.9 Å². The molecule has 0 bridgehead atoms. The number of nitrogens with two attached hydrogens (primary N) is 1. The van der Waals surface area contributed by atoms with Crippen LogP contribution in [0.15, 0.2) is 15.9 Å². The van der Waals surface area contributed by atoms with Gasteiger partial charge >= 0.3 is 0 Å². The third kappa shape index (κ3) is 2.54. The lowest BCUT2D eigenvalue weighted by Gasteiger charge is -2.25. The Hall–Kier alpha value is -1.13. The van der Waals surface area contributed by atoms with Crippen LogP contribution in [0.2, 0.25) is 0 Å². The van der Waals surface area contributed by atoms with Crippen LogP contribution in [0.25, 0.3) is 11.3 Å². The second-order valence-electron chi connectivity index (χ2n) is 5.94. The molecule has 2 N–H and O–H groups in total. The van der Waals surface area contributed by atoms with Gasteiger partial charge in [-0.25, -0.2) is 4.98 Å². The molecule has 2 heterocycles. The van der Waals surface area contributed by atoms with Crippen LogP contribution in [0.1, 0.15) is 55.1 Å². The molecule has 0 spiro atoms. The maximum atomic E-state index is 6.64. The second kappa shape index (κ2) is 5.34. The van der Waals surface area contributed by atoms with Crippen molar-refractivity contribution in [2.24, 2.45) is 5.73 Å². The van der Waals surface area contributed by atoms with Crippen molar-refractivity contribution in [2.75, 3.05) is 0 Å². The van der Waals surface area contributed by atoms with E-state index in [-0.39, 0.29) is 5.54 Å². The lowest BCUT2D eigenvalue weighted by atomic mass is 9.92. The van der Waals surface area contributed by atoms with E-state index in [0.717, 1.165) is 40.6 Å². The highest BCUT2D eigenvalue weighted by molar-refractivity contribution is 7.10. The van der Waals surface area contributed by atoms with Crippen LogP contribution in [-0.2, 0) is 5.54 Å². The first-order valence-electron chi connectivity index (χ1n) is 7.41. The molecule has 0 aliphatic heterocycles. The van der Waals surface area contributed by atoms with Gasteiger partial charge in [0.15, 0.2) is 0 Å². The summed E-state index contributed by atoms with van der Waals surface area (Å²) in [6, 6.07) is 2.06. The summed E-state index contributed by atoms with van der Waals surface area (Å²) in [7, 11) is 0. The number of hydrogen-bond acceptors (Lipinski definition) is 4. The Balaban J connectivity index is 1.91. The lowest BCUT2D eigenvalue weighted by Crippen LogP contribution is -2.35. The molecule has 3 rings (SSSR count). The van der Waals surface area contributed by atoms with Gasteiger partial charge in [0.1, 0.15) is 16.5 Å². The van der Waals surface area contributed by atoms with E-state index >= 15 is 0 Å². The van der Waals surface area contributed by atoms with Crippen molar-refractivity contribution in [3.05, 3.63) is 28.0 Å². The molecular formula is C16H22N2OS. The van der Waals surface area contributed by atoms with E-state index < -0.39 is 0 Å². The van der Waals surface area contributed by atoms with Gasteiger partial charge < -0.3 is 10.2 Å². The molecule has 4 heteroatoms. The molecule has 0 radical (unpaired) electrons. The molecular weight excluding hydrogens is 268 g/mol. The number of aryl methyl sites for hydroxylation is 2. The fourth-order valence-electron chi connectivity index (χ4n) is 3.08. The number of nitrogens with zero attached hydrogens (tertiary/aromatic N) is 1. The summed E-state index contributed by atoms with van der Waals surface area (Å²) in [6.45, 7) is 3.96. The first-order chi connectivity index (χ1) is 9.58. The van der Waals surface area contributed by atoms with Crippen LogP contribution in [0.3, 0.4) is 0 Å². The average Bonchev–Trinajstić information content (AvgIpc) is 2.94. The summed E-state index contributed by atoms with van der Waals surface area (Å²) >= 11 is 1.70. The maximum absolute atomic E-state index is 6.64. The Morgan fingerprint density at radius 1 is 1.20 bits per heavy atom. The highest BCUT2D eigenvalue weighted by Crippen LogP contribution is 2.37. The van der Waals surface area contributed by atoms with Crippen LogP contribution in [-0.4, -0.2) is 4.98 Å². The van der Waals surface area contributed by atoms with Crippen LogP contribution in [0, 0.1) is 13.8 Å². The van der Waals surface area contributed by atoms with Gasteiger partial charge in [0.25, 0.3) is 0 Å². The highest BCUT2D eigenvalue weighted by atomic mass is 32.1. The third-order valence-electron chi connectivity index (χ3n) is 4.24. The summed E-state index contributed by atoms with van der Waals surface area (Å²) in [4.78, 5) is 4.83. The maximum Gasteiger partial charge on any atom is 0.113 e. The number of thiazole rings is 1. The predicted molar refractivity (Wildman–Crippen MR) is 82.9 cm³/mol. The molecule has 3 nitrogen and oxygen atoms in total. The van der Waals surface area contributed by atoms with Crippen molar-refractivity contribution in [3.8, 4) is 11.3 Å². The van der Waals surface area contributed by atoms with Crippen LogP contribution < -0.4 is 5.73 Å². The van der Waals surface area contributed by atoms with Gasteiger partial charge in [-0.2, -0.15) is 0 Å². The van der Waals surface area contributed by atoms with Gasteiger partial charge in [-0.05, 0) is 32.8 Å². The zero-order chi connectivity index (χ0) is 14.2. The van der Waals surface area contributed by atoms with E-state index in [1.807, 2.05) is 13.8 Å². The molecule has 0 aromatic carbocycles. The van der Waals surface area contributed by atoms with Gasteiger partial charge in [0.2, 0.25) is 0 Å². The lowest BCUT2D eigenvalue weighted by molar-refractivity contribution is 0.384. The minimum Gasteiger partial charge on any atom is -0.466 e. The third-order valence-corrected chi connectivity index (χ3v) is 5.31.